The van der Waals surface area contributed by atoms with Crippen molar-refractivity contribution in [2.75, 3.05) is 32.8 Å². The van der Waals surface area contributed by atoms with E-state index in [4.69, 9.17) is 4.74 Å². The molecule has 1 N–H and O–H groups in total. The smallest absolute Gasteiger partial charge is 0.0518 e. The molecule has 1 fully saturated rings. The van der Waals surface area contributed by atoms with Crippen LogP contribution in [0.25, 0.3) is 0 Å². The number of ether oxygens (including phenoxy) is 1. The molecule has 1 aliphatic rings. The third-order valence-corrected chi connectivity index (χ3v) is 3.94. The van der Waals surface area contributed by atoms with Gasteiger partial charge < -0.3 is 15.0 Å². The van der Waals surface area contributed by atoms with Crippen molar-refractivity contribution in [1.29, 1.82) is 0 Å². The molecule has 0 aliphatic carbocycles. The molecule has 0 radical (unpaired) electrons. The summed E-state index contributed by atoms with van der Waals surface area (Å²) in [4.78, 5) is 2.61. The predicted octanol–water partition coefficient (Wildman–Crippen LogP) is 2.51. The summed E-state index contributed by atoms with van der Waals surface area (Å²) in [6.07, 6.45) is 4.10. The Morgan fingerprint density at radius 2 is 2.06 bits per heavy atom. The molecule has 3 heteroatoms. The van der Waals surface area contributed by atoms with Crippen LogP contribution in [0.5, 0.6) is 0 Å². The van der Waals surface area contributed by atoms with E-state index in [1.807, 2.05) is 0 Å². The second-order valence-electron chi connectivity index (χ2n) is 5.87. The molecule has 2 unspecified atom stereocenters. The summed E-state index contributed by atoms with van der Waals surface area (Å²) >= 11 is 0. The van der Waals surface area contributed by atoms with Gasteiger partial charge in [-0.05, 0) is 39.2 Å². The van der Waals surface area contributed by atoms with Gasteiger partial charge in [-0.1, -0.05) is 20.3 Å². The van der Waals surface area contributed by atoms with Gasteiger partial charge in [-0.25, -0.2) is 0 Å². The average Bonchev–Trinajstić information content (AvgIpc) is 2.37. The molecule has 0 aromatic carbocycles. The van der Waals surface area contributed by atoms with E-state index in [1.165, 1.54) is 38.9 Å². The number of hydrogen-bond acceptors (Lipinski definition) is 3. The molecular formula is C15H32N2O. The van der Waals surface area contributed by atoms with Crippen molar-refractivity contribution in [1.82, 2.24) is 10.2 Å². The Hall–Kier alpha value is -0.120. The van der Waals surface area contributed by atoms with Crippen molar-refractivity contribution < 1.29 is 4.74 Å². The molecule has 1 saturated heterocycles. The second kappa shape index (κ2) is 8.89. The predicted molar refractivity (Wildman–Crippen MR) is 78.0 cm³/mol. The first-order valence-electron chi connectivity index (χ1n) is 7.70. The molecule has 0 aromatic rings. The SMILES string of the molecule is CCC(C)C1CN(CCCCOC(C)C)CCN1. The maximum atomic E-state index is 5.58. The quantitative estimate of drug-likeness (QED) is 0.675. The molecule has 1 rings (SSSR count). The number of rotatable bonds is 8. The molecule has 0 spiro atoms. The highest BCUT2D eigenvalue weighted by atomic mass is 16.5. The Kier molecular flexibility index (Phi) is 7.87. The number of unbranched alkanes of at least 4 members (excludes halogenated alkanes) is 1. The van der Waals surface area contributed by atoms with E-state index in [2.05, 4.69) is 37.9 Å². The van der Waals surface area contributed by atoms with Crippen LogP contribution < -0.4 is 5.32 Å². The van der Waals surface area contributed by atoms with Gasteiger partial charge in [-0.15, -0.1) is 0 Å². The fourth-order valence-electron chi connectivity index (χ4n) is 2.47. The standard InChI is InChI=1S/C15H32N2O/c1-5-14(4)15-12-17(10-8-16-15)9-6-7-11-18-13(2)3/h13-16H,5-12H2,1-4H3. The molecule has 0 amide bonds. The minimum Gasteiger partial charge on any atom is -0.379 e. The Morgan fingerprint density at radius 1 is 1.28 bits per heavy atom. The molecular weight excluding hydrogens is 224 g/mol. The Bertz CT molecular complexity index is 209. The fraction of sp³-hybridized carbons (Fsp3) is 1.00. The molecule has 0 aromatic heterocycles. The highest BCUT2D eigenvalue weighted by Crippen LogP contribution is 2.12. The molecule has 2 atom stereocenters. The lowest BCUT2D eigenvalue weighted by molar-refractivity contribution is 0.0728. The molecule has 3 nitrogen and oxygen atoms in total. The number of hydrogen-bond donors (Lipinski definition) is 1. The van der Waals surface area contributed by atoms with Crippen LogP contribution in [0.2, 0.25) is 0 Å². The Morgan fingerprint density at radius 3 is 2.72 bits per heavy atom. The van der Waals surface area contributed by atoms with E-state index in [1.54, 1.807) is 0 Å². The molecule has 1 aliphatic heterocycles. The third kappa shape index (κ3) is 6.17. The zero-order valence-corrected chi connectivity index (χ0v) is 12.7. The van der Waals surface area contributed by atoms with Crippen molar-refractivity contribution in [2.45, 2.75) is 59.1 Å². The molecule has 0 saturated carbocycles. The van der Waals surface area contributed by atoms with Crippen LogP contribution in [0.1, 0.15) is 47.0 Å². The summed E-state index contributed by atoms with van der Waals surface area (Å²) in [5.74, 6) is 0.789. The van der Waals surface area contributed by atoms with Crippen LogP contribution in [0.3, 0.4) is 0 Å². The van der Waals surface area contributed by atoms with Crippen LogP contribution in [0.4, 0.5) is 0 Å². The van der Waals surface area contributed by atoms with Gasteiger partial charge in [0.2, 0.25) is 0 Å². The van der Waals surface area contributed by atoms with Crippen LogP contribution in [-0.2, 0) is 4.74 Å². The first kappa shape index (κ1) is 15.9. The number of nitrogens with one attached hydrogen (secondary N) is 1. The van der Waals surface area contributed by atoms with Gasteiger partial charge >= 0.3 is 0 Å². The van der Waals surface area contributed by atoms with E-state index in [0.717, 1.165) is 19.1 Å². The molecule has 108 valence electrons. The van der Waals surface area contributed by atoms with E-state index in [-0.39, 0.29) is 0 Å². The lowest BCUT2D eigenvalue weighted by Crippen LogP contribution is -2.53. The maximum absolute atomic E-state index is 5.58. The maximum Gasteiger partial charge on any atom is 0.0518 e. The van der Waals surface area contributed by atoms with E-state index < -0.39 is 0 Å². The van der Waals surface area contributed by atoms with Gasteiger partial charge in [-0.2, -0.15) is 0 Å². The number of piperazine rings is 1. The lowest BCUT2D eigenvalue weighted by atomic mass is 9.97. The fourth-order valence-corrected chi connectivity index (χ4v) is 2.47. The third-order valence-electron chi connectivity index (χ3n) is 3.94. The zero-order valence-electron chi connectivity index (χ0n) is 12.7. The average molecular weight is 256 g/mol. The highest BCUT2D eigenvalue weighted by Gasteiger charge is 2.22. The second-order valence-corrected chi connectivity index (χ2v) is 5.87. The lowest BCUT2D eigenvalue weighted by Gasteiger charge is -2.36. The summed E-state index contributed by atoms with van der Waals surface area (Å²) in [7, 11) is 0. The van der Waals surface area contributed by atoms with Crippen LogP contribution in [0, 0.1) is 5.92 Å². The monoisotopic (exact) mass is 256 g/mol. The van der Waals surface area contributed by atoms with Crippen molar-refractivity contribution in [3.8, 4) is 0 Å². The largest absolute Gasteiger partial charge is 0.379 e. The van der Waals surface area contributed by atoms with Crippen molar-refractivity contribution in [3.63, 3.8) is 0 Å². The first-order valence-corrected chi connectivity index (χ1v) is 7.70. The van der Waals surface area contributed by atoms with Gasteiger partial charge in [0.15, 0.2) is 0 Å². The van der Waals surface area contributed by atoms with Crippen LogP contribution in [0.15, 0.2) is 0 Å². The van der Waals surface area contributed by atoms with Gasteiger partial charge in [0, 0.05) is 32.3 Å². The van der Waals surface area contributed by atoms with Gasteiger partial charge in [0.25, 0.3) is 0 Å². The first-order chi connectivity index (χ1) is 8.63. The van der Waals surface area contributed by atoms with Gasteiger partial charge in [0.1, 0.15) is 0 Å². The van der Waals surface area contributed by atoms with Crippen LogP contribution in [-0.4, -0.2) is 49.8 Å². The van der Waals surface area contributed by atoms with Crippen molar-refractivity contribution in [2.24, 2.45) is 5.92 Å². The summed E-state index contributed by atoms with van der Waals surface area (Å²) in [6, 6.07) is 0.690. The Balaban J connectivity index is 2.10. The zero-order chi connectivity index (χ0) is 13.4. The molecule has 1 heterocycles. The van der Waals surface area contributed by atoms with Gasteiger partial charge in [-0.3, -0.25) is 0 Å². The van der Waals surface area contributed by atoms with E-state index in [9.17, 15) is 0 Å². The summed E-state index contributed by atoms with van der Waals surface area (Å²) in [5, 5.41) is 3.65. The summed E-state index contributed by atoms with van der Waals surface area (Å²) in [5.41, 5.74) is 0. The highest BCUT2D eigenvalue weighted by molar-refractivity contribution is 4.81. The normalized spacial score (nSPS) is 23.5. The van der Waals surface area contributed by atoms with Gasteiger partial charge in [0.05, 0.1) is 6.10 Å². The summed E-state index contributed by atoms with van der Waals surface area (Å²) in [6.45, 7) is 14.6. The van der Waals surface area contributed by atoms with Crippen molar-refractivity contribution >= 4 is 0 Å². The summed E-state index contributed by atoms with van der Waals surface area (Å²) < 4.78 is 5.58. The van der Waals surface area contributed by atoms with E-state index in [0.29, 0.717) is 12.1 Å². The minimum absolute atomic E-state index is 0.374. The van der Waals surface area contributed by atoms with Crippen LogP contribution >= 0.6 is 0 Å². The topological polar surface area (TPSA) is 24.5 Å². The molecule has 0 bridgehead atoms. The molecule has 18 heavy (non-hydrogen) atoms. The Labute approximate surface area is 113 Å². The minimum atomic E-state index is 0.374. The number of nitrogens with zero attached hydrogens (tertiary/aromatic N) is 1. The van der Waals surface area contributed by atoms with E-state index >= 15 is 0 Å². The van der Waals surface area contributed by atoms with Crippen molar-refractivity contribution in [3.05, 3.63) is 0 Å².